The molecule has 1 aliphatic rings. The van der Waals surface area contributed by atoms with Crippen LogP contribution in [0.3, 0.4) is 0 Å². The Labute approximate surface area is 115 Å². The van der Waals surface area contributed by atoms with Gasteiger partial charge < -0.3 is 10.2 Å². The first-order valence-electron chi connectivity index (χ1n) is 6.91. The zero-order valence-electron chi connectivity index (χ0n) is 12.5. The summed E-state index contributed by atoms with van der Waals surface area (Å²) >= 11 is 0. The van der Waals surface area contributed by atoms with Crippen LogP contribution in [-0.2, 0) is 10.3 Å². The van der Waals surface area contributed by atoms with Crippen molar-refractivity contribution in [2.45, 2.75) is 58.7 Å². The molecule has 1 aromatic heterocycles. The highest BCUT2D eigenvalue weighted by Crippen LogP contribution is 2.20. The Morgan fingerprint density at radius 2 is 2.11 bits per heavy atom. The Balaban J connectivity index is 2.03. The van der Waals surface area contributed by atoms with Gasteiger partial charge in [0.15, 0.2) is 0 Å². The number of carbonyl (C=O) groups is 1. The number of likely N-dealkylation sites (tertiary alicyclic amines) is 1. The molecular formula is C14H24N4O. The number of nitrogens with zero attached hydrogens (tertiary/aromatic N) is 3. The summed E-state index contributed by atoms with van der Waals surface area (Å²) in [6, 6.07) is 0.164. The predicted octanol–water partition coefficient (Wildman–Crippen LogP) is 2.06. The summed E-state index contributed by atoms with van der Waals surface area (Å²) in [5, 5.41) is 7.63. The highest BCUT2D eigenvalue weighted by atomic mass is 16.2. The molecule has 1 atom stereocenters. The van der Waals surface area contributed by atoms with Crippen molar-refractivity contribution in [3.05, 3.63) is 12.4 Å². The standard InChI is InChI=1S/C14H24N4O/c1-10(2)17-7-6-12(13(17)19)16-11-8-15-18(9-11)14(3,4)5/h8-10,12,16H,6-7H2,1-5H3. The van der Waals surface area contributed by atoms with Crippen molar-refractivity contribution >= 4 is 11.6 Å². The van der Waals surface area contributed by atoms with E-state index >= 15 is 0 Å². The van der Waals surface area contributed by atoms with Crippen molar-refractivity contribution in [3.63, 3.8) is 0 Å². The van der Waals surface area contributed by atoms with Gasteiger partial charge in [-0.3, -0.25) is 9.48 Å². The topological polar surface area (TPSA) is 50.2 Å². The number of aromatic nitrogens is 2. The summed E-state index contributed by atoms with van der Waals surface area (Å²) in [4.78, 5) is 14.1. The van der Waals surface area contributed by atoms with E-state index in [1.165, 1.54) is 0 Å². The number of hydrogen-bond acceptors (Lipinski definition) is 3. The van der Waals surface area contributed by atoms with Crippen molar-refractivity contribution in [2.24, 2.45) is 0 Å². The number of amides is 1. The average Bonchev–Trinajstić information content (AvgIpc) is 2.87. The molecule has 1 aliphatic heterocycles. The molecule has 2 rings (SSSR count). The Bertz CT molecular complexity index is 458. The summed E-state index contributed by atoms with van der Waals surface area (Å²) in [6.45, 7) is 11.2. The van der Waals surface area contributed by atoms with Crippen molar-refractivity contribution in [2.75, 3.05) is 11.9 Å². The van der Waals surface area contributed by atoms with Crippen LogP contribution in [-0.4, -0.2) is 39.2 Å². The molecular weight excluding hydrogens is 240 g/mol. The van der Waals surface area contributed by atoms with Crippen LogP contribution in [0.4, 0.5) is 5.69 Å². The first-order valence-corrected chi connectivity index (χ1v) is 6.91. The van der Waals surface area contributed by atoms with Gasteiger partial charge in [0.2, 0.25) is 5.91 Å². The zero-order valence-corrected chi connectivity index (χ0v) is 12.5. The molecule has 19 heavy (non-hydrogen) atoms. The Morgan fingerprint density at radius 3 is 2.58 bits per heavy atom. The van der Waals surface area contributed by atoms with Crippen LogP contribution < -0.4 is 5.32 Å². The third-order valence-electron chi connectivity index (χ3n) is 3.47. The molecule has 0 bridgehead atoms. The monoisotopic (exact) mass is 264 g/mol. The van der Waals surface area contributed by atoms with Gasteiger partial charge in [0, 0.05) is 18.8 Å². The molecule has 5 nitrogen and oxygen atoms in total. The second-order valence-electron chi connectivity index (χ2n) is 6.46. The molecule has 0 radical (unpaired) electrons. The normalized spacial score (nSPS) is 20.4. The van der Waals surface area contributed by atoms with E-state index in [0.29, 0.717) is 0 Å². The molecule has 1 fully saturated rings. The van der Waals surface area contributed by atoms with Gasteiger partial charge >= 0.3 is 0 Å². The van der Waals surface area contributed by atoms with Crippen molar-refractivity contribution in [1.82, 2.24) is 14.7 Å². The summed E-state index contributed by atoms with van der Waals surface area (Å²) < 4.78 is 1.91. The molecule has 1 saturated heterocycles. The summed E-state index contributed by atoms with van der Waals surface area (Å²) in [7, 11) is 0. The molecule has 0 saturated carbocycles. The smallest absolute Gasteiger partial charge is 0.245 e. The molecule has 5 heteroatoms. The number of rotatable bonds is 3. The van der Waals surface area contributed by atoms with E-state index in [1.807, 2.05) is 15.8 Å². The van der Waals surface area contributed by atoms with E-state index in [2.05, 4.69) is 45.0 Å². The largest absolute Gasteiger partial charge is 0.371 e. The Hall–Kier alpha value is -1.52. The number of nitrogens with one attached hydrogen (secondary N) is 1. The lowest BCUT2D eigenvalue weighted by molar-refractivity contribution is -0.129. The lowest BCUT2D eigenvalue weighted by Gasteiger charge is -2.21. The molecule has 1 unspecified atom stereocenters. The van der Waals surface area contributed by atoms with Gasteiger partial charge in [0.1, 0.15) is 6.04 Å². The number of carbonyl (C=O) groups excluding carboxylic acids is 1. The van der Waals surface area contributed by atoms with Gasteiger partial charge in [0.05, 0.1) is 17.4 Å². The fourth-order valence-corrected chi connectivity index (χ4v) is 2.31. The highest BCUT2D eigenvalue weighted by Gasteiger charge is 2.33. The minimum Gasteiger partial charge on any atom is -0.371 e. The number of anilines is 1. The van der Waals surface area contributed by atoms with Gasteiger partial charge in [-0.15, -0.1) is 0 Å². The Kier molecular flexibility index (Phi) is 3.56. The van der Waals surface area contributed by atoms with Crippen LogP contribution in [0.5, 0.6) is 0 Å². The highest BCUT2D eigenvalue weighted by molar-refractivity contribution is 5.86. The van der Waals surface area contributed by atoms with Gasteiger partial charge in [-0.2, -0.15) is 5.10 Å². The fourth-order valence-electron chi connectivity index (χ4n) is 2.31. The molecule has 1 amide bonds. The molecule has 2 heterocycles. The van der Waals surface area contributed by atoms with Crippen molar-refractivity contribution in [1.29, 1.82) is 0 Å². The first-order chi connectivity index (χ1) is 8.79. The first kappa shape index (κ1) is 13.9. The van der Waals surface area contributed by atoms with Crippen LogP contribution >= 0.6 is 0 Å². The van der Waals surface area contributed by atoms with Crippen molar-refractivity contribution < 1.29 is 4.79 Å². The van der Waals surface area contributed by atoms with E-state index < -0.39 is 0 Å². The van der Waals surface area contributed by atoms with E-state index in [-0.39, 0.29) is 23.5 Å². The zero-order chi connectivity index (χ0) is 14.2. The molecule has 0 spiro atoms. The Morgan fingerprint density at radius 1 is 1.42 bits per heavy atom. The SMILES string of the molecule is CC(C)N1CCC(Nc2cnn(C(C)(C)C)c2)C1=O. The van der Waals surface area contributed by atoms with Crippen molar-refractivity contribution in [3.8, 4) is 0 Å². The van der Waals surface area contributed by atoms with Crippen LogP contribution in [0, 0.1) is 0 Å². The van der Waals surface area contributed by atoms with Crippen LogP contribution in [0.25, 0.3) is 0 Å². The maximum absolute atomic E-state index is 12.2. The minimum atomic E-state index is -0.111. The summed E-state index contributed by atoms with van der Waals surface area (Å²) in [5.41, 5.74) is 0.878. The summed E-state index contributed by atoms with van der Waals surface area (Å²) in [5.74, 6) is 0.193. The maximum Gasteiger partial charge on any atom is 0.245 e. The lowest BCUT2D eigenvalue weighted by Crippen LogP contribution is -2.37. The second kappa shape index (κ2) is 4.87. The van der Waals surface area contributed by atoms with Gasteiger partial charge in [-0.1, -0.05) is 0 Å². The quantitative estimate of drug-likeness (QED) is 0.909. The van der Waals surface area contributed by atoms with E-state index in [1.54, 1.807) is 6.20 Å². The molecule has 0 aliphatic carbocycles. The third-order valence-corrected chi connectivity index (χ3v) is 3.47. The van der Waals surface area contributed by atoms with E-state index in [9.17, 15) is 4.79 Å². The average molecular weight is 264 g/mol. The van der Waals surface area contributed by atoms with E-state index in [4.69, 9.17) is 0 Å². The van der Waals surface area contributed by atoms with Gasteiger partial charge in [-0.05, 0) is 41.0 Å². The van der Waals surface area contributed by atoms with Crippen LogP contribution in [0.15, 0.2) is 12.4 Å². The molecule has 1 N–H and O–H groups in total. The maximum atomic E-state index is 12.2. The van der Waals surface area contributed by atoms with Gasteiger partial charge in [0.25, 0.3) is 0 Å². The minimum absolute atomic E-state index is 0.0381. The van der Waals surface area contributed by atoms with Crippen LogP contribution in [0.2, 0.25) is 0 Å². The fraction of sp³-hybridized carbons (Fsp3) is 0.714. The lowest BCUT2D eigenvalue weighted by atomic mass is 10.1. The molecule has 0 aromatic carbocycles. The molecule has 1 aromatic rings. The predicted molar refractivity (Wildman–Crippen MR) is 76.1 cm³/mol. The number of hydrogen-bond donors (Lipinski definition) is 1. The summed E-state index contributed by atoms with van der Waals surface area (Å²) in [6.07, 6.45) is 4.61. The third kappa shape index (κ3) is 2.91. The molecule has 106 valence electrons. The van der Waals surface area contributed by atoms with E-state index in [0.717, 1.165) is 18.7 Å². The second-order valence-corrected chi connectivity index (χ2v) is 6.46. The van der Waals surface area contributed by atoms with Gasteiger partial charge in [-0.25, -0.2) is 0 Å². The van der Waals surface area contributed by atoms with Crippen LogP contribution in [0.1, 0.15) is 41.0 Å².